The molecule has 0 aliphatic carbocycles. The summed E-state index contributed by atoms with van der Waals surface area (Å²) >= 11 is 0. The zero-order valence-electron chi connectivity index (χ0n) is 18.1. The van der Waals surface area contributed by atoms with Gasteiger partial charge in [0.2, 0.25) is 11.8 Å². The van der Waals surface area contributed by atoms with Crippen molar-refractivity contribution in [2.45, 2.75) is 50.6 Å². The number of rotatable bonds is 8. The summed E-state index contributed by atoms with van der Waals surface area (Å²) in [5.74, 6) is 0.890. The van der Waals surface area contributed by atoms with Gasteiger partial charge in [-0.2, -0.15) is 0 Å². The average Bonchev–Trinajstić information content (AvgIpc) is 2.75. The Hall–Kier alpha value is -1.92. The van der Waals surface area contributed by atoms with E-state index >= 15 is 0 Å². The third kappa shape index (κ3) is 4.70. The van der Waals surface area contributed by atoms with Gasteiger partial charge in [0.1, 0.15) is 6.04 Å². The van der Waals surface area contributed by atoms with Gasteiger partial charge < -0.3 is 19.9 Å². The number of hydrogen-bond donors (Lipinski definition) is 1. The Bertz CT molecular complexity index is 726. The molecule has 4 atom stereocenters. The van der Waals surface area contributed by atoms with E-state index in [1.165, 1.54) is 5.56 Å². The Morgan fingerprint density at radius 1 is 1.20 bits per heavy atom. The summed E-state index contributed by atoms with van der Waals surface area (Å²) in [5.41, 5.74) is 1.38. The Morgan fingerprint density at radius 2 is 2.00 bits per heavy atom. The number of benzene rings is 1. The van der Waals surface area contributed by atoms with E-state index in [-0.39, 0.29) is 29.8 Å². The van der Waals surface area contributed by atoms with Crippen molar-refractivity contribution in [2.24, 2.45) is 11.8 Å². The number of amides is 2. The molecular weight excluding hydrogens is 378 g/mol. The normalized spacial score (nSPS) is 28.8. The first-order valence-corrected chi connectivity index (χ1v) is 11.5. The average molecular weight is 414 g/mol. The molecule has 0 unspecified atom stereocenters. The first kappa shape index (κ1) is 21.3. The lowest BCUT2D eigenvalue weighted by atomic mass is 9.71. The highest BCUT2D eigenvalue weighted by molar-refractivity contribution is 5.89. The molecule has 2 bridgehead atoms. The molecule has 164 valence electrons. The first-order chi connectivity index (χ1) is 14.7. The van der Waals surface area contributed by atoms with E-state index in [2.05, 4.69) is 40.5 Å². The van der Waals surface area contributed by atoms with Crippen molar-refractivity contribution in [1.29, 1.82) is 0 Å². The minimum atomic E-state index is -0.326. The van der Waals surface area contributed by atoms with Crippen molar-refractivity contribution in [3.8, 4) is 0 Å². The van der Waals surface area contributed by atoms with Crippen molar-refractivity contribution >= 4 is 11.8 Å². The van der Waals surface area contributed by atoms with Crippen molar-refractivity contribution in [3.05, 3.63) is 35.9 Å². The number of hydrogen-bond acceptors (Lipinski definition) is 4. The molecule has 2 amide bonds. The van der Waals surface area contributed by atoms with Crippen LogP contribution in [0.4, 0.5) is 0 Å². The van der Waals surface area contributed by atoms with E-state index in [4.69, 9.17) is 4.74 Å². The van der Waals surface area contributed by atoms with E-state index in [0.717, 1.165) is 51.7 Å². The molecule has 0 spiro atoms. The number of aryl methyl sites for hydroxylation is 1. The molecule has 30 heavy (non-hydrogen) atoms. The molecule has 3 aliphatic rings. The highest BCUT2D eigenvalue weighted by Crippen LogP contribution is 2.41. The van der Waals surface area contributed by atoms with E-state index in [1.54, 1.807) is 7.11 Å². The van der Waals surface area contributed by atoms with Gasteiger partial charge in [-0.1, -0.05) is 30.3 Å². The van der Waals surface area contributed by atoms with Crippen molar-refractivity contribution in [1.82, 2.24) is 15.1 Å². The number of carbonyl (C=O) groups excluding carboxylic acids is 2. The fourth-order valence-electron chi connectivity index (χ4n) is 5.81. The second kappa shape index (κ2) is 9.92. The highest BCUT2D eigenvalue weighted by Gasteiger charge is 2.51. The second-order valence-electron chi connectivity index (χ2n) is 9.09. The molecule has 1 aromatic rings. The van der Waals surface area contributed by atoms with Crippen molar-refractivity contribution in [2.75, 3.05) is 39.9 Å². The van der Waals surface area contributed by atoms with E-state index in [0.29, 0.717) is 25.5 Å². The summed E-state index contributed by atoms with van der Waals surface area (Å²) in [4.78, 5) is 30.4. The van der Waals surface area contributed by atoms with Crippen molar-refractivity contribution < 1.29 is 14.3 Å². The van der Waals surface area contributed by atoms with Crippen LogP contribution in [0, 0.1) is 11.8 Å². The molecule has 0 radical (unpaired) electrons. The predicted octanol–water partition coefficient (Wildman–Crippen LogP) is 2.08. The summed E-state index contributed by atoms with van der Waals surface area (Å²) in [5, 5.41) is 3.01. The summed E-state index contributed by atoms with van der Waals surface area (Å²) in [7, 11) is 1.63. The molecule has 3 aliphatic heterocycles. The highest BCUT2D eigenvalue weighted by atomic mass is 16.5. The number of nitrogens with zero attached hydrogens (tertiary/aromatic N) is 2. The lowest BCUT2D eigenvalue weighted by molar-refractivity contribution is -0.160. The fourth-order valence-corrected chi connectivity index (χ4v) is 5.81. The zero-order valence-corrected chi connectivity index (χ0v) is 18.1. The van der Waals surface area contributed by atoms with Gasteiger partial charge in [-0.3, -0.25) is 9.59 Å². The number of ether oxygens (including phenoxy) is 1. The Labute approximate surface area is 179 Å². The van der Waals surface area contributed by atoms with Gasteiger partial charge in [-0.15, -0.1) is 0 Å². The van der Waals surface area contributed by atoms with Crippen LogP contribution < -0.4 is 5.32 Å². The standard InChI is InChI=1S/C24H35N3O3/c1-30-14-12-25-24(29)23-20-15-19(21-10-5-11-22(28)27(21)23)16-26(17-20)13-6-9-18-7-3-2-4-8-18/h2-4,7-8,19-21,23H,5-6,9-17H2,1H3,(H,25,29)/t19-,20+,21-,23+/m0/s1. The Kier molecular flexibility index (Phi) is 7.05. The summed E-state index contributed by atoms with van der Waals surface area (Å²) < 4.78 is 5.08. The molecule has 0 aromatic heterocycles. The van der Waals surface area contributed by atoms with Crippen LogP contribution in [-0.2, 0) is 20.7 Å². The predicted molar refractivity (Wildman–Crippen MR) is 116 cm³/mol. The van der Waals surface area contributed by atoms with Crippen LogP contribution in [0.2, 0.25) is 0 Å². The molecule has 1 aromatic carbocycles. The van der Waals surface area contributed by atoms with Gasteiger partial charge in [-0.05, 0) is 50.1 Å². The number of methoxy groups -OCH3 is 1. The van der Waals surface area contributed by atoms with Crippen LogP contribution in [0.15, 0.2) is 30.3 Å². The summed E-state index contributed by atoms with van der Waals surface area (Å²) in [6.07, 6.45) is 5.84. The summed E-state index contributed by atoms with van der Waals surface area (Å²) in [6, 6.07) is 10.5. The number of nitrogens with one attached hydrogen (secondary N) is 1. The summed E-state index contributed by atoms with van der Waals surface area (Å²) in [6.45, 7) is 4.01. The molecule has 3 fully saturated rings. The number of carbonyl (C=O) groups is 2. The zero-order chi connectivity index (χ0) is 20.9. The molecule has 3 saturated heterocycles. The molecule has 4 rings (SSSR count). The van der Waals surface area contributed by atoms with Gasteiger partial charge in [0.25, 0.3) is 0 Å². The van der Waals surface area contributed by atoms with Gasteiger partial charge >= 0.3 is 0 Å². The smallest absolute Gasteiger partial charge is 0.243 e. The second-order valence-corrected chi connectivity index (χ2v) is 9.09. The third-order valence-corrected chi connectivity index (χ3v) is 7.07. The Morgan fingerprint density at radius 3 is 2.80 bits per heavy atom. The van der Waals surface area contributed by atoms with Crippen LogP contribution in [-0.4, -0.2) is 73.6 Å². The van der Waals surface area contributed by atoms with E-state index < -0.39 is 0 Å². The van der Waals surface area contributed by atoms with Crippen LogP contribution in [0.25, 0.3) is 0 Å². The number of fused-ring (bicyclic) bond motifs is 4. The third-order valence-electron chi connectivity index (χ3n) is 7.07. The van der Waals surface area contributed by atoms with Crippen LogP contribution in [0.5, 0.6) is 0 Å². The van der Waals surface area contributed by atoms with Crippen molar-refractivity contribution in [3.63, 3.8) is 0 Å². The monoisotopic (exact) mass is 413 g/mol. The molecule has 6 nitrogen and oxygen atoms in total. The maximum Gasteiger partial charge on any atom is 0.243 e. The number of piperidine rings is 3. The van der Waals surface area contributed by atoms with Crippen LogP contribution in [0.3, 0.4) is 0 Å². The van der Waals surface area contributed by atoms with Crippen LogP contribution in [0.1, 0.15) is 37.7 Å². The maximum absolute atomic E-state index is 13.1. The van der Waals surface area contributed by atoms with E-state index in [9.17, 15) is 9.59 Å². The number of likely N-dealkylation sites (tertiary alicyclic amines) is 1. The molecular formula is C24H35N3O3. The maximum atomic E-state index is 13.1. The topological polar surface area (TPSA) is 61.9 Å². The molecule has 3 heterocycles. The van der Waals surface area contributed by atoms with Gasteiger partial charge in [0.15, 0.2) is 0 Å². The first-order valence-electron chi connectivity index (χ1n) is 11.5. The van der Waals surface area contributed by atoms with Crippen LogP contribution >= 0.6 is 0 Å². The Balaban J connectivity index is 1.42. The minimum Gasteiger partial charge on any atom is -0.383 e. The van der Waals surface area contributed by atoms with Gasteiger partial charge in [0.05, 0.1) is 6.61 Å². The fraction of sp³-hybridized carbons (Fsp3) is 0.667. The lowest BCUT2D eigenvalue weighted by Crippen LogP contribution is -2.68. The lowest BCUT2D eigenvalue weighted by Gasteiger charge is -2.56. The van der Waals surface area contributed by atoms with E-state index in [1.807, 2.05) is 4.90 Å². The SMILES string of the molecule is COCCNC(=O)[C@H]1[C@@H]2C[C@@H](CN(CCCc3ccccc3)C2)[C@@H]2CCCC(=O)N21. The van der Waals surface area contributed by atoms with Gasteiger partial charge in [-0.25, -0.2) is 0 Å². The minimum absolute atomic E-state index is 0.00175. The van der Waals surface area contributed by atoms with Gasteiger partial charge in [0, 0.05) is 45.1 Å². The quantitative estimate of drug-likeness (QED) is 0.663. The molecule has 6 heteroatoms. The largest absolute Gasteiger partial charge is 0.383 e. The molecule has 1 N–H and O–H groups in total. The molecule has 0 saturated carbocycles.